The molecule has 0 aliphatic heterocycles. The van der Waals surface area contributed by atoms with Gasteiger partial charge in [-0.15, -0.1) is 0 Å². The molecule has 1 N–H and O–H groups in total. The molecule has 0 amide bonds. The van der Waals surface area contributed by atoms with Crippen molar-refractivity contribution >= 4 is 11.3 Å². The number of nitrogens with zero attached hydrogens (tertiary/aromatic N) is 1. The number of nitrogens with one attached hydrogen (secondary N) is 1. The molecular formula is C11H14N2O2S. The van der Waals surface area contributed by atoms with Crippen LogP contribution in [0.1, 0.15) is 5.69 Å². The van der Waals surface area contributed by atoms with E-state index in [1.165, 1.54) is 0 Å². The summed E-state index contributed by atoms with van der Waals surface area (Å²) in [4.78, 5) is 4.39. The first-order valence-corrected chi connectivity index (χ1v) is 6.01. The van der Waals surface area contributed by atoms with Crippen LogP contribution in [0.2, 0.25) is 0 Å². The average Bonchev–Trinajstić information content (AvgIpc) is 2.94. The van der Waals surface area contributed by atoms with E-state index in [0.717, 1.165) is 17.8 Å². The summed E-state index contributed by atoms with van der Waals surface area (Å²) >= 11 is 1.64. The Morgan fingerprint density at radius 3 is 3.25 bits per heavy atom. The van der Waals surface area contributed by atoms with Crippen molar-refractivity contribution in [3.05, 3.63) is 28.8 Å². The Balaban J connectivity index is 1.88. The predicted octanol–water partition coefficient (Wildman–Crippen LogP) is 2.14. The number of hydrogen-bond acceptors (Lipinski definition) is 5. The fraction of sp³-hybridized carbons (Fsp3) is 0.364. The molecule has 0 radical (unpaired) electrons. The Morgan fingerprint density at radius 2 is 2.50 bits per heavy atom. The van der Waals surface area contributed by atoms with Gasteiger partial charge in [0.25, 0.3) is 0 Å². The van der Waals surface area contributed by atoms with Gasteiger partial charge in [0.15, 0.2) is 0 Å². The molecule has 0 aromatic carbocycles. The van der Waals surface area contributed by atoms with Crippen LogP contribution in [0.3, 0.4) is 0 Å². The molecule has 0 saturated carbocycles. The van der Waals surface area contributed by atoms with E-state index in [4.69, 9.17) is 9.15 Å². The largest absolute Gasteiger partial charge is 0.444 e. The van der Waals surface area contributed by atoms with Gasteiger partial charge in [0.1, 0.15) is 6.26 Å². The molecule has 0 aliphatic rings. The number of thiophene rings is 1. The van der Waals surface area contributed by atoms with Gasteiger partial charge >= 0.3 is 0 Å². The molecular weight excluding hydrogens is 224 g/mol. The molecule has 86 valence electrons. The number of methoxy groups -OCH3 is 1. The number of hydrogen-bond donors (Lipinski definition) is 1. The van der Waals surface area contributed by atoms with E-state index < -0.39 is 0 Å². The lowest BCUT2D eigenvalue weighted by Gasteiger charge is -1.99. The lowest BCUT2D eigenvalue weighted by atomic mass is 10.3. The van der Waals surface area contributed by atoms with Crippen LogP contribution >= 0.6 is 11.3 Å². The van der Waals surface area contributed by atoms with Crippen LogP contribution in [0.4, 0.5) is 0 Å². The third kappa shape index (κ3) is 2.91. The first kappa shape index (κ1) is 11.3. The van der Waals surface area contributed by atoms with Crippen molar-refractivity contribution in [3.8, 4) is 11.5 Å². The van der Waals surface area contributed by atoms with Gasteiger partial charge in [-0.05, 0) is 11.4 Å². The van der Waals surface area contributed by atoms with E-state index in [1.807, 2.05) is 16.8 Å². The highest BCUT2D eigenvalue weighted by Crippen LogP contribution is 2.20. The van der Waals surface area contributed by atoms with Gasteiger partial charge in [0.05, 0.1) is 12.3 Å². The monoisotopic (exact) mass is 238 g/mol. The molecule has 0 atom stereocenters. The number of oxazole rings is 1. The molecule has 0 aliphatic carbocycles. The van der Waals surface area contributed by atoms with Crippen LogP contribution in [0.15, 0.2) is 27.5 Å². The molecule has 16 heavy (non-hydrogen) atoms. The molecule has 0 spiro atoms. The van der Waals surface area contributed by atoms with E-state index in [0.29, 0.717) is 19.0 Å². The zero-order chi connectivity index (χ0) is 11.2. The van der Waals surface area contributed by atoms with Crippen molar-refractivity contribution in [2.75, 3.05) is 20.3 Å². The minimum Gasteiger partial charge on any atom is -0.444 e. The van der Waals surface area contributed by atoms with Crippen molar-refractivity contribution in [1.82, 2.24) is 10.3 Å². The second kappa shape index (κ2) is 5.79. The van der Waals surface area contributed by atoms with Crippen molar-refractivity contribution in [2.24, 2.45) is 0 Å². The summed E-state index contributed by atoms with van der Waals surface area (Å²) in [7, 11) is 1.69. The summed E-state index contributed by atoms with van der Waals surface area (Å²) in [6.07, 6.45) is 1.69. The third-order valence-electron chi connectivity index (χ3n) is 2.11. The Labute approximate surface area is 98.3 Å². The summed E-state index contributed by atoms with van der Waals surface area (Å²) < 4.78 is 10.3. The summed E-state index contributed by atoms with van der Waals surface area (Å²) in [5.74, 6) is 0.685. The first-order valence-electron chi connectivity index (χ1n) is 5.07. The van der Waals surface area contributed by atoms with Gasteiger partial charge in [0, 0.05) is 31.1 Å². The molecule has 2 heterocycles. The van der Waals surface area contributed by atoms with Gasteiger partial charge in [-0.25, -0.2) is 4.98 Å². The minimum absolute atomic E-state index is 0.685. The van der Waals surface area contributed by atoms with E-state index in [-0.39, 0.29) is 0 Å². The van der Waals surface area contributed by atoms with Crippen LogP contribution in [-0.4, -0.2) is 25.2 Å². The average molecular weight is 238 g/mol. The Bertz CT molecular complexity index is 411. The normalized spacial score (nSPS) is 10.8. The van der Waals surface area contributed by atoms with Crippen LogP contribution in [0.25, 0.3) is 11.5 Å². The fourth-order valence-electron chi connectivity index (χ4n) is 1.30. The van der Waals surface area contributed by atoms with Crippen molar-refractivity contribution < 1.29 is 9.15 Å². The summed E-state index contributed by atoms with van der Waals surface area (Å²) in [5.41, 5.74) is 1.95. The number of ether oxygens (including phenoxy) is 1. The zero-order valence-corrected chi connectivity index (χ0v) is 9.92. The molecule has 4 nitrogen and oxygen atoms in total. The number of aromatic nitrogens is 1. The standard InChI is InChI=1S/C11H14N2O2S/c1-14-4-3-12-6-10-7-15-11(13-10)9-2-5-16-8-9/h2,5,7-8,12H,3-4,6H2,1H3. The van der Waals surface area contributed by atoms with Gasteiger partial charge in [-0.3, -0.25) is 0 Å². The lowest BCUT2D eigenvalue weighted by molar-refractivity contribution is 0.199. The van der Waals surface area contributed by atoms with Crippen LogP contribution < -0.4 is 5.32 Å². The Kier molecular flexibility index (Phi) is 4.10. The highest BCUT2D eigenvalue weighted by molar-refractivity contribution is 7.08. The fourth-order valence-corrected chi connectivity index (χ4v) is 1.93. The Hall–Kier alpha value is -1.17. The second-order valence-corrected chi connectivity index (χ2v) is 4.11. The summed E-state index contributed by atoms with van der Waals surface area (Å²) in [6.45, 7) is 2.23. The molecule has 2 aromatic rings. The molecule has 0 unspecified atom stereocenters. The van der Waals surface area contributed by atoms with Gasteiger partial charge in [-0.2, -0.15) is 11.3 Å². The maximum absolute atomic E-state index is 5.39. The van der Waals surface area contributed by atoms with Crippen molar-refractivity contribution in [2.45, 2.75) is 6.54 Å². The highest BCUT2D eigenvalue weighted by atomic mass is 32.1. The topological polar surface area (TPSA) is 47.3 Å². The summed E-state index contributed by atoms with van der Waals surface area (Å²) in [5, 5.41) is 7.25. The van der Waals surface area contributed by atoms with Gasteiger partial charge in [0.2, 0.25) is 5.89 Å². The van der Waals surface area contributed by atoms with E-state index in [1.54, 1.807) is 24.7 Å². The van der Waals surface area contributed by atoms with E-state index in [9.17, 15) is 0 Å². The molecule has 0 saturated heterocycles. The second-order valence-electron chi connectivity index (χ2n) is 3.33. The van der Waals surface area contributed by atoms with Crippen LogP contribution in [-0.2, 0) is 11.3 Å². The van der Waals surface area contributed by atoms with Crippen molar-refractivity contribution in [1.29, 1.82) is 0 Å². The SMILES string of the molecule is COCCNCc1coc(-c2ccsc2)n1. The van der Waals surface area contributed by atoms with Gasteiger partial charge in [-0.1, -0.05) is 0 Å². The maximum atomic E-state index is 5.39. The highest BCUT2D eigenvalue weighted by Gasteiger charge is 2.06. The molecule has 5 heteroatoms. The predicted molar refractivity (Wildman–Crippen MR) is 63.4 cm³/mol. The number of rotatable bonds is 6. The maximum Gasteiger partial charge on any atom is 0.227 e. The molecule has 2 rings (SSSR count). The third-order valence-corrected chi connectivity index (χ3v) is 2.79. The molecule has 0 fully saturated rings. The van der Waals surface area contributed by atoms with E-state index >= 15 is 0 Å². The summed E-state index contributed by atoms with van der Waals surface area (Å²) in [6, 6.07) is 2.00. The quantitative estimate of drug-likeness (QED) is 0.783. The van der Waals surface area contributed by atoms with Crippen LogP contribution in [0.5, 0.6) is 0 Å². The smallest absolute Gasteiger partial charge is 0.227 e. The molecule has 0 bridgehead atoms. The van der Waals surface area contributed by atoms with Crippen LogP contribution in [0, 0.1) is 0 Å². The zero-order valence-electron chi connectivity index (χ0n) is 9.10. The van der Waals surface area contributed by atoms with Gasteiger partial charge < -0.3 is 14.5 Å². The Morgan fingerprint density at radius 1 is 1.56 bits per heavy atom. The van der Waals surface area contributed by atoms with E-state index in [2.05, 4.69) is 10.3 Å². The first-order chi connectivity index (χ1) is 7.90. The van der Waals surface area contributed by atoms with Crippen molar-refractivity contribution in [3.63, 3.8) is 0 Å². The minimum atomic E-state index is 0.685. The molecule has 2 aromatic heterocycles. The lowest BCUT2D eigenvalue weighted by Crippen LogP contribution is -2.18.